The largest absolute Gasteiger partial charge is 0.464 e. The molecule has 0 aliphatic heterocycles. The normalized spacial score (nSPS) is 9.00. The van der Waals surface area contributed by atoms with Crippen LogP contribution in [-0.2, 0) is 28.6 Å². The molecule has 0 heterocycles. The molecule has 0 radical (unpaired) electrons. The van der Waals surface area contributed by atoms with E-state index in [0.717, 1.165) is 0 Å². The summed E-state index contributed by atoms with van der Waals surface area (Å²) in [6, 6.07) is 0. The Balaban J connectivity index is 3.45. The Bertz CT molecular complexity index is 248. The molecule has 0 bridgehead atoms. The van der Waals surface area contributed by atoms with E-state index in [2.05, 4.69) is 20.8 Å². The van der Waals surface area contributed by atoms with E-state index >= 15 is 0 Å². The molecule has 0 amide bonds. The van der Waals surface area contributed by atoms with Gasteiger partial charge in [-0.05, 0) is 0 Å². The molecule has 0 saturated carbocycles. The van der Waals surface area contributed by atoms with Gasteiger partial charge in [0.05, 0.1) is 12.8 Å². The van der Waals surface area contributed by atoms with Gasteiger partial charge in [0.1, 0.15) is 19.8 Å². The van der Waals surface area contributed by atoms with E-state index in [-0.39, 0.29) is 39.1 Å². The highest BCUT2D eigenvalue weighted by molar-refractivity contribution is 5.77. The molecule has 0 spiro atoms. The molecule has 16 heavy (non-hydrogen) atoms. The summed E-state index contributed by atoms with van der Waals surface area (Å²) in [7, 11) is 0. The summed E-state index contributed by atoms with van der Waals surface area (Å²) < 4.78 is 13.6. The summed E-state index contributed by atoms with van der Waals surface area (Å²) in [5, 5.41) is 0. The van der Waals surface area contributed by atoms with Crippen molar-refractivity contribution in [2.75, 3.05) is 19.8 Å². The van der Waals surface area contributed by atoms with Crippen LogP contribution in [0, 0.1) is 0 Å². The van der Waals surface area contributed by atoms with E-state index < -0.39 is 11.9 Å². The molecule has 90 valence electrons. The van der Waals surface area contributed by atoms with E-state index in [1.807, 2.05) is 0 Å². The predicted octanol–water partition coefficient (Wildman–Crippen LogP) is 0.212. The third-order valence-corrected chi connectivity index (χ3v) is 1.43. The third-order valence-electron chi connectivity index (χ3n) is 1.43. The topological polar surface area (TPSA) is 78.9 Å². The zero-order chi connectivity index (χ0) is 12.2. The molecule has 0 aromatic heterocycles. The lowest BCUT2D eigenvalue weighted by molar-refractivity contribution is -0.151. The van der Waals surface area contributed by atoms with Crippen molar-refractivity contribution >= 4 is 18.4 Å². The maximum absolute atomic E-state index is 11.0. The molecule has 0 aromatic carbocycles. The van der Waals surface area contributed by atoms with Gasteiger partial charge < -0.3 is 14.2 Å². The number of hydrogen-bond donors (Lipinski definition) is 0. The van der Waals surface area contributed by atoms with E-state index in [9.17, 15) is 14.4 Å². The van der Waals surface area contributed by atoms with E-state index in [4.69, 9.17) is 0 Å². The molecule has 6 heteroatoms. The summed E-state index contributed by atoms with van der Waals surface area (Å²) in [4.78, 5) is 31.7. The summed E-state index contributed by atoms with van der Waals surface area (Å²) in [6.07, 6.45) is 1.34. The lowest BCUT2D eigenvalue weighted by atomic mass is 10.3. The first-order valence-electron chi connectivity index (χ1n) is 4.68. The maximum atomic E-state index is 11.0. The van der Waals surface area contributed by atoms with Crippen LogP contribution in [0.1, 0.15) is 12.8 Å². The van der Waals surface area contributed by atoms with Crippen molar-refractivity contribution < 1.29 is 28.6 Å². The first-order chi connectivity index (χ1) is 7.70. The number of rotatable bonds is 9. The minimum atomic E-state index is -0.537. The molecule has 0 aliphatic rings. The van der Waals surface area contributed by atoms with Gasteiger partial charge in [0.15, 0.2) is 0 Å². The second-order valence-corrected chi connectivity index (χ2v) is 2.66. The number of esters is 2. The van der Waals surface area contributed by atoms with Crippen molar-refractivity contribution in [3.63, 3.8) is 0 Å². The first kappa shape index (κ1) is 14.2. The lowest BCUT2D eigenvalue weighted by Crippen LogP contribution is -2.13. The fraction of sp³-hybridized carbons (Fsp3) is 0.500. The zero-order valence-corrected chi connectivity index (χ0v) is 8.85. The molecule has 0 N–H and O–H groups in total. The Morgan fingerprint density at radius 2 is 1.69 bits per heavy atom. The van der Waals surface area contributed by atoms with Crippen LogP contribution < -0.4 is 0 Å². The Kier molecular flexibility index (Phi) is 8.57. The molecule has 0 aliphatic carbocycles. The fourth-order valence-corrected chi connectivity index (χ4v) is 0.752. The van der Waals surface area contributed by atoms with Crippen molar-refractivity contribution in [2.45, 2.75) is 12.8 Å². The van der Waals surface area contributed by atoms with Crippen LogP contribution in [0.2, 0.25) is 0 Å². The minimum Gasteiger partial charge on any atom is -0.464 e. The third kappa shape index (κ3) is 8.74. The zero-order valence-electron chi connectivity index (χ0n) is 8.85. The SMILES string of the molecule is C=CCOC(=O)CCC(=O)OCCOC=O. The Morgan fingerprint density at radius 3 is 2.25 bits per heavy atom. The number of carbonyl (C=O) groups excluding carboxylic acids is 3. The Morgan fingerprint density at radius 1 is 1.06 bits per heavy atom. The highest BCUT2D eigenvalue weighted by Gasteiger charge is 2.08. The van der Waals surface area contributed by atoms with Crippen molar-refractivity contribution in [1.29, 1.82) is 0 Å². The maximum Gasteiger partial charge on any atom is 0.306 e. The number of hydrogen-bond acceptors (Lipinski definition) is 6. The monoisotopic (exact) mass is 230 g/mol. The van der Waals surface area contributed by atoms with Crippen molar-refractivity contribution in [3.8, 4) is 0 Å². The van der Waals surface area contributed by atoms with Gasteiger partial charge in [-0.2, -0.15) is 0 Å². The summed E-state index contributed by atoms with van der Waals surface area (Å²) in [5.74, 6) is -1.02. The van der Waals surface area contributed by atoms with E-state index in [1.54, 1.807) is 0 Å². The lowest BCUT2D eigenvalue weighted by Gasteiger charge is -2.03. The molecule has 0 atom stereocenters. The smallest absolute Gasteiger partial charge is 0.306 e. The minimum absolute atomic E-state index is 0.0101. The predicted molar refractivity (Wildman–Crippen MR) is 53.4 cm³/mol. The first-order valence-corrected chi connectivity index (χ1v) is 4.68. The Hall–Kier alpha value is -1.85. The van der Waals surface area contributed by atoms with Crippen molar-refractivity contribution in [1.82, 2.24) is 0 Å². The highest BCUT2D eigenvalue weighted by atomic mass is 16.6. The molecule has 0 saturated heterocycles. The molecule has 0 aromatic rings. The average molecular weight is 230 g/mol. The second-order valence-electron chi connectivity index (χ2n) is 2.66. The van der Waals surface area contributed by atoms with Gasteiger partial charge in [-0.1, -0.05) is 12.7 Å². The molecule has 0 rings (SSSR count). The van der Waals surface area contributed by atoms with Gasteiger partial charge in [0.25, 0.3) is 6.47 Å². The van der Waals surface area contributed by atoms with Crippen molar-refractivity contribution in [3.05, 3.63) is 12.7 Å². The number of carbonyl (C=O) groups is 3. The number of ether oxygens (including phenoxy) is 3. The van der Waals surface area contributed by atoms with Crippen LogP contribution in [0.15, 0.2) is 12.7 Å². The second kappa shape index (κ2) is 9.70. The molecular weight excluding hydrogens is 216 g/mol. The molecule has 0 unspecified atom stereocenters. The van der Waals surface area contributed by atoms with Gasteiger partial charge in [0, 0.05) is 0 Å². The van der Waals surface area contributed by atoms with E-state index in [0.29, 0.717) is 0 Å². The van der Waals surface area contributed by atoms with E-state index in [1.165, 1.54) is 6.08 Å². The van der Waals surface area contributed by atoms with Crippen LogP contribution in [-0.4, -0.2) is 38.2 Å². The quantitative estimate of drug-likeness (QED) is 0.185. The summed E-state index contributed by atoms with van der Waals surface area (Å²) >= 11 is 0. The van der Waals surface area contributed by atoms with Crippen LogP contribution in [0.4, 0.5) is 0 Å². The van der Waals surface area contributed by atoms with Gasteiger partial charge in [-0.25, -0.2) is 0 Å². The van der Waals surface area contributed by atoms with Crippen LogP contribution in [0.5, 0.6) is 0 Å². The Labute approximate surface area is 93.2 Å². The molecular formula is C10H14O6. The molecule has 6 nitrogen and oxygen atoms in total. The summed E-state index contributed by atoms with van der Waals surface area (Å²) in [5.41, 5.74) is 0. The fourth-order valence-electron chi connectivity index (χ4n) is 0.752. The average Bonchev–Trinajstić information content (AvgIpc) is 2.29. The van der Waals surface area contributed by atoms with Crippen LogP contribution in [0.3, 0.4) is 0 Å². The van der Waals surface area contributed by atoms with Gasteiger partial charge in [-0.15, -0.1) is 0 Å². The molecule has 0 fully saturated rings. The van der Waals surface area contributed by atoms with Crippen molar-refractivity contribution in [2.24, 2.45) is 0 Å². The van der Waals surface area contributed by atoms with Crippen LogP contribution in [0.25, 0.3) is 0 Å². The van der Waals surface area contributed by atoms with Crippen LogP contribution >= 0.6 is 0 Å². The van der Waals surface area contributed by atoms with Gasteiger partial charge in [-0.3, -0.25) is 14.4 Å². The summed E-state index contributed by atoms with van der Waals surface area (Å²) in [6.45, 7) is 3.76. The highest BCUT2D eigenvalue weighted by Crippen LogP contribution is 1.96. The standard InChI is InChI=1S/C10H14O6/c1-2-5-15-9(12)3-4-10(13)16-7-6-14-8-11/h2,8H,1,3-7H2. The van der Waals surface area contributed by atoms with Gasteiger partial charge in [0.2, 0.25) is 0 Å². The van der Waals surface area contributed by atoms with Gasteiger partial charge >= 0.3 is 11.9 Å².